The Kier molecular flexibility index (Phi) is 5.20. The van der Waals surface area contributed by atoms with E-state index in [1.807, 2.05) is 6.92 Å². The van der Waals surface area contributed by atoms with Gasteiger partial charge in [-0.25, -0.2) is 13.8 Å². The number of nitrogens with zero attached hydrogens (tertiary/aromatic N) is 1. The average molecular weight is 326 g/mol. The zero-order valence-electron chi connectivity index (χ0n) is 12.2. The molecule has 4 nitrogen and oxygen atoms in total. The molecule has 2 N–H and O–H groups in total. The van der Waals surface area contributed by atoms with Gasteiger partial charge in [-0.3, -0.25) is 4.79 Å². The van der Waals surface area contributed by atoms with Gasteiger partial charge in [-0.2, -0.15) is 0 Å². The molecule has 1 atom stereocenters. The maximum Gasteiger partial charge on any atom is 0.263 e. The molecule has 2 aromatic rings. The summed E-state index contributed by atoms with van der Waals surface area (Å²) < 4.78 is 27.6. The number of thiazole rings is 1. The highest BCUT2D eigenvalue weighted by Crippen LogP contribution is 2.31. The lowest BCUT2D eigenvalue weighted by Gasteiger charge is -2.13. The van der Waals surface area contributed by atoms with Gasteiger partial charge in [0.1, 0.15) is 21.5 Å². The zero-order chi connectivity index (χ0) is 16.3. The van der Waals surface area contributed by atoms with Gasteiger partial charge in [0.15, 0.2) is 0 Å². The maximum atomic E-state index is 13.8. The molecule has 1 aromatic heterocycles. The van der Waals surface area contributed by atoms with Gasteiger partial charge < -0.3 is 10.4 Å². The van der Waals surface area contributed by atoms with Crippen LogP contribution in [0.15, 0.2) is 18.2 Å². The van der Waals surface area contributed by atoms with Crippen molar-refractivity contribution in [2.75, 3.05) is 6.61 Å². The molecule has 7 heteroatoms. The quantitative estimate of drug-likeness (QED) is 0.888. The molecule has 1 aromatic carbocycles. The number of aromatic nitrogens is 1. The predicted molar refractivity (Wildman–Crippen MR) is 80.8 cm³/mol. The molecular formula is C15H16F2N2O2S. The highest BCUT2D eigenvalue weighted by molar-refractivity contribution is 7.17. The Bertz CT molecular complexity index is 664. The Morgan fingerprint density at radius 3 is 2.59 bits per heavy atom. The number of amides is 1. The van der Waals surface area contributed by atoms with E-state index in [0.717, 1.165) is 23.5 Å². The van der Waals surface area contributed by atoms with Crippen molar-refractivity contribution in [3.8, 4) is 10.6 Å². The number of hydrogen-bond donors (Lipinski definition) is 2. The zero-order valence-corrected chi connectivity index (χ0v) is 13.0. The van der Waals surface area contributed by atoms with E-state index >= 15 is 0 Å². The van der Waals surface area contributed by atoms with E-state index in [2.05, 4.69) is 10.3 Å². The first kappa shape index (κ1) is 16.5. The van der Waals surface area contributed by atoms with Crippen LogP contribution >= 0.6 is 11.3 Å². The van der Waals surface area contributed by atoms with Gasteiger partial charge >= 0.3 is 0 Å². The third-order valence-corrected chi connectivity index (χ3v) is 4.40. The lowest BCUT2D eigenvalue weighted by molar-refractivity contribution is 0.0918. The minimum absolute atomic E-state index is 0.121. The number of aliphatic hydroxyl groups excluding tert-OH is 1. The first-order valence-electron chi connectivity index (χ1n) is 6.81. The first-order valence-corrected chi connectivity index (χ1v) is 7.63. The van der Waals surface area contributed by atoms with E-state index in [1.54, 1.807) is 6.92 Å². The number of nitrogens with one attached hydrogen (secondary N) is 1. The van der Waals surface area contributed by atoms with Crippen LogP contribution in [0.25, 0.3) is 10.6 Å². The van der Waals surface area contributed by atoms with E-state index in [9.17, 15) is 13.6 Å². The number of benzene rings is 1. The van der Waals surface area contributed by atoms with Crippen molar-refractivity contribution in [3.63, 3.8) is 0 Å². The molecule has 118 valence electrons. The van der Waals surface area contributed by atoms with Gasteiger partial charge in [-0.15, -0.1) is 11.3 Å². The monoisotopic (exact) mass is 326 g/mol. The second-order valence-corrected chi connectivity index (χ2v) is 5.79. The molecule has 0 aliphatic rings. The summed E-state index contributed by atoms with van der Waals surface area (Å²) in [4.78, 5) is 16.5. The first-order chi connectivity index (χ1) is 10.5. The Morgan fingerprint density at radius 2 is 2.05 bits per heavy atom. The third-order valence-electron chi connectivity index (χ3n) is 3.23. The fourth-order valence-corrected chi connectivity index (χ4v) is 2.96. The molecule has 1 unspecified atom stereocenters. The van der Waals surface area contributed by atoms with E-state index in [-0.39, 0.29) is 28.1 Å². The largest absolute Gasteiger partial charge is 0.394 e. The van der Waals surface area contributed by atoms with Crippen molar-refractivity contribution in [2.24, 2.45) is 0 Å². The summed E-state index contributed by atoms with van der Waals surface area (Å²) in [7, 11) is 0. The van der Waals surface area contributed by atoms with E-state index in [1.165, 1.54) is 6.07 Å². The van der Waals surface area contributed by atoms with E-state index in [4.69, 9.17) is 5.11 Å². The number of rotatable bonds is 5. The second kappa shape index (κ2) is 6.93. The van der Waals surface area contributed by atoms with Gasteiger partial charge in [0.05, 0.1) is 23.9 Å². The summed E-state index contributed by atoms with van der Waals surface area (Å²) >= 11 is 0.927. The molecule has 0 bridgehead atoms. The number of aryl methyl sites for hydroxylation is 1. The molecule has 0 aliphatic heterocycles. The highest BCUT2D eigenvalue weighted by Gasteiger charge is 2.21. The standard InChI is InChI=1S/C15H16F2N2O2S/c1-3-9(7-20)19-14(21)13-8(2)18-15(22-13)12-10(16)5-4-6-11(12)17/h4-6,9,20H,3,7H2,1-2H3,(H,19,21). The number of carbonyl (C=O) groups is 1. The Labute approximate surface area is 130 Å². The molecule has 0 spiro atoms. The highest BCUT2D eigenvalue weighted by atomic mass is 32.1. The van der Waals surface area contributed by atoms with Gasteiger partial charge in [-0.05, 0) is 25.5 Å². The average Bonchev–Trinajstić information content (AvgIpc) is 2.86. The summed E-state index contributed by atoms with van der Waals surface area (Å²) in [5.74, 6) is -1.84. The smallest absolute Gasteiger partial charge is 0.263 e. The molecule has 0 saturated heterocycles. The van der Waals surface area contributed by atoms with Gasteiger partial charge in [0.25, 0.3) is 5.91 Å². The van der Waals surface area contributed by atoms with Crippen molar-refractivity contribution in [2.45, 2.75) is 26.3 Å². The third kappa shape index (κ3) is 3.31. The van der Waals surface area contributed by atoms with Crippen LogP contribution < -0.4 is 5.32 Å². The number of carbonyl (C=O) groups excluding carboxylic acids is 1. The molecule has 0 radical (unpaired) electrons. The van der Waals surface area contributed by atoms with Crippen molar-refractivity contribution in [1.82, 2.24) is 10.3 Å². The summed E-state index contributed by atoms with van der Waals surface area (Å²) in [6.07, 6.45) is 0.578. The van der Waals surface area contributed by atoms with Crippen LogP contribution in [-0.4, -0.2) is 28.6 Å². The van der Waals surface area contributed by atoms with Gasteiger partial charge in [0.2, 0.25) is 0 Å². The van der Waals surface area contributed by atoms with Crippen LogP contribution in [-0.2, 0) is 0 Å². The van der Waals surface area contributed by atoms with Crippen LogP contribution in [0.4, 0.5) is 8.78 Å². The second-order valence-electron chi connectivity index (χ2n) is 4.79. The normalized spacial score (nSPS) is 12.2. The predicted octanol–water partition coefficient (Wildman–Crippen LogP) is 2.90. The summed E-state index contributed by atoms with van der Waals surface area (Å²) in [5, 5.41) is 11.9. The van der Waals surface area contributed by atoms with Crippen molar-refractivity contribution >= 4 is 17.2 Å². The Balaban J connectivity index is 2.34. The fourth-order valence-electron chi connectivity index (χ4n) is 1.94. The van der Waals surface area contributed by atoms with Crippen molar-refractivity contribution in [3.05, 3.63) is 40.4 Å². The fraction of sp³-hybridized carbons (Fsp3) is 0.333. The molecule has 0 aliphatic carbocycles. The molecule has 0 fully saturated rings. The summed E-state index contributed by atoms with van der Waals surface area (Å²) in [5.41, 5.74) is 0.164. The van der Waals surface area contributed by atoms with Gasteiger partial charge in [-0.1, -0.05) is 13.0 Å². The Morgan fingerprint density at radius 1 is 1.41 bits per heavy atom. The maximum absolute atomic E-state index is 13.8. The molecule has 1 heterocycles. The molecule has 2 rings (SSSR count). The minimum atomic E-state index is -0.720. The van der Waals surface area contributed by atoms with E-state index < -0.39 is 17.5 Å². The molecular weight excluding hydrogens is 310 g/mol. The van der Waals surface area contributed by atoms with Gasteiger partial charge in [0, 0.05) is 0 Å². The summed E-state index contributed by atoms with van der Waals surface area (Å²) in [6, 6.07) is 3.21. The van der Waals surface area contributed by atoms with Crippen LogP contribution in [0.3, 0.4) is 0 Å². The lowest BCUT2D eigenvalue weighted by Crippen LogP contribution is -2.36. The minimum Gasteiger partial charge on any atom is -0.394 e. The van der Waals surface area contributed by atoms with E-state index in [0.29, 0.717) is 12.1 Å². The number of aliphatic hydroxyl groups is 1. The molecule has 22 heavy (non-hydrogen) atoms. The van der Waals surface area contributed by atoms with Crippen LogP contribution in [0.1, 0.15) is 28.7 Å². The molecule has 0 saturated carbocycles. The number of hydrogen-bond acceptors (Lipinski definition) is 4. The summed E-state index contributed by atoms with van der Waals surface area (Å²) in [6.45, 7) is 3.27. The number of halogens is 2. The topological polar surface area (TPSA) is 62.2 Å². The van der Waals surface area contributed by atoms with Crippen LogP contribution in [0, 0.1) is 18.6 Å². The Hall–Kier alpha value is -1.86. The van der Waals surface area contributed by atoms with Crippen LogP contribution in [0.2, 0.25) is 0 Å². The molecule has 1 amide bonds. The van der Waals surface area contributed by atoms with Crippen molar-refractivity contribution < 1.29 is 18.7 Å². The van der Waals surface area contributed by atoms with Crippen LogP contribution in [0.5, 0.6) is 0 Å². The SMILES string of the molecule is CCC(CO)NC(=O)c1sc(-c2c(F)cccc2F)nc1C. The van der Waals surface area contributed by atoms with Crippen molar-refractivity contribution in [1.29, 1.82) is 0 Å². The lowest BCUT2D eigenvalue weighted by atomic mass is 10.2.